The Hall–Kier alpha value is -1.77. The molecular weight excluding hydrogens is 228 g/mol. The van der Waals surface area contributed by atoms with E-state index in [1.54, 1.807) is 6.07 Å². The number of benzene rings is 1. The zero-order valence-electron chi connectivity index (χ0n) is 11.4. The van der Waals surface area contributed by atoms with E-state index in [2.05, 4.69) is 6.92 Å². The van der Waals surface area contributed by atoms with Gasteiger partial charge in [0.1, 0.15) is 12.4 Å². The van der Waals surface area contributed by atoms with Gasteiger partial charge in [0.25, 0.3) is 0 Å². The molecule has 0 atom stereocenters. The van der Waals surface area contributed by atoms with E-state index in [4.69, 9.17) is 9.47 Å². The van der Waals surface area contributed by atoms with Crippen LogP contribution < -0.4 is 4.74 Å². The lowest BCUT2D eigenvalue weighted by Gasteiger charge is -2.11. The molecule has 0 N–H and O–H groups in total. The van der Waals surface area contributed by atoms with Crippen LogP contribution in [0, 0.1) is 13.8 Å². The van der Waals surface area contributed by atoms with Crippen molar-refractivity contribution in [2.24, 2.45) is 0 Å². The van der Waals surface area contributed by atoms with Crippen LogP contribution in [0.3, 0.4) is 0 Å². The molecule has 98 valence electrons. The van der Waals surface area contributed by atoms with Crippen LogP contribution >= 0.6 is 0 Å². The Labute approximate surface area is 108 Å². The number of esters is 1. The first-order valence-corrected chi connectivity index (χ1v) is 6.07. The molecule has 18 heavy (non-hydrogen) atoms. The maximum atomic E-state index is 11.6. The monoisotopic (exact) mass is 248 g/mol. The molecule has 0 fully saturated rings. The normalized spacial score (nSPS) is 10.7. The summed E-state index contributed by atoms with van der Waals surface area (Å²) in [5, 5.41) is 0. The lowest BCUT2D eigenvalue weighted by molar-refractivity contribution is 0.0599. The van der Waals surface area contributed by atoms with Gasteiger partial charge in [0.2, 0.25) is 0 Å². The Morgan fingerprint density at radius 2 is 1.94 bits per heavy atom. The van der Waals surface area contributed by atoms with E-state index in [0.717, 1.165) is 23.3 Å². The molecule has 3 heteroatoms. The predicted octanol–water partition coefficient (Wildman–Crippen LogP) is 3.44. The first-order chi connectivity index (χ1) is 8.60. The molecule has 0 spiro atoms. The highest BCUT2D eigenvalue weighted by Gasteiger charge is 2.12. The van der Waals surface area contributed by atoms with Gasteiger partial charge in [0.15, 0.2) is 0 Å². The van der Waals surface area contributed by atoms with Gasteiger partial charge in [0, 0.05) is 0 Å². The number of hydrogen-bond donors (Lipinski definition) is 0. The zero-order valence-corrected chi connectivity index (χ0v) is 11.4. The van der Waals surface area contributed by atoms with Crippen LogP contribution in [0.4, 0.5) is 0 Å². The van der Waals surface area contributed by atoms with E-state index in [1.807, 2.05) is 32.1 Å². The highest BCUT2D eigenvalue weighted by Crippen LogP contribution is 2.23. The van der Waals surface area contributed by atoms with E-state index in [0.29, 0.717) is 12.2 Å². The fraction of sp³-hybridized carbons (Fsp3) is 0.400. The SMILES string of the molecule is CC/C=C\COc1cc(C(=O)OC)c(C)cc1C. The average Bonchev–Trinajstić information content (AvgIpc) is 2.36. The summed E-state index contributed by atoms with van der Waals surface area (Å²) in [5.74, 6) is 0.392. The number of allylic oxidation sites excluding steroid dienone is 1. The van der Waals surface area contributed by atoms with Crippen molar-refractivity contribution in [1.82, 2.24) is 0 Å². The minimum absolute atomic E-state index is 0.332. The molecular formula is C15H20O3. The van der Waals surface area contributed by atoms with Gasteiger partial charge in [-0.25, -0.2) is 4.79 Å². The third kappa shape index (κ3) is 3.62. The zero-order chi connectivity index (χ0) is 13.5. The summed E-state index contributed by atoms with van der Waals surface area (Å²) in [6, 6.07) is 3.68. The molecule has 0 bridgehead atoms. The minimum atomic E-state index is -0.332. The summed E-state index contributed by atoms with van der Waals surface area (Å²) in [6.07, 6.45) is 5.01. The van der Waals surface area contributed by atoms with Gasteiger partial charge < -0.3 is 9.47 Å². The number of rotatable bonds is 5. The Bertz CT molecular complexity index is 447. The largest absolute Gasteiger partial charge is 0.489 e. The number of carbonyl (C=O) groups excluding carboxylic acids is 1. The Morgan fingerprint density at radius 1 is 1.22 bits per heavy atom. The van der Waals surface area contributed by atoms with Gasteiger partial charge in [-0.2, -0.15) is 0 Å². The quantitative estimate of drug-likeness (QED) is 0.591. The van der Waals surface area contributed by atoms with Crippen molar-refractivity contribution in [2.45, 2.75) is 27.2 Å². The van der Waals surface area contributed by atoms with Crippen molar-refractivity contribution < 1.29 is 14.3 Å². The smallest absolute Gasteiger partial charge is 0.338 e. The second-order valence-corrected chi connectivity index (χ2v) is 4.11. The predicted molar refractivity (Wildman–Crippen MR) is 72.2 cm³/mol. The average molecular weight is 248 g/mol. The molecule has 1 aromatic carbocycles. The van der Waals surface area contributed by atoms with Gasteiger partial charge in [-0.15, -0.1) is 0 Å². The molecule has 1 aromatic rings. The van der Waals surface area contributed by atoms with Crippen molar-refractivity contribution in [2.75, 3.05) is 13.7 Å². The second kappa shape index (κ2) is 6.84. The van der Waals surface area contributed by atoms with Crippen LogP contribution in [0.25, 0.3) is 0 Å². The molecule has 0 aliphatic rings. The number of ether oxygens (including phenoxy) is 2. The summed E-state index contributed by atoms with van der Waals surface area (Å²) in [4.78, 5) is 11.6. The van der Waals surface area contributed by atoms with Crippen LogP contribution in [0.5, 0.6) is 5.75 Å². The van der Waals surface area contributed by atoms with Crippen LogP contribution in [-0.2, 0) is 4.74 Å². The fourth-order valence-corrected chi connectivity index (χ4v) is 1.69. The molecule has 0 unspecified atom stereocenters. The third-order valence-electron chi connectivity index (χ3n) is 2.66. The molecule has 3 nitrogen and oxygen atoms in total. The highest BCUT2D eigenvalue weighted by molar-refractivity contribution is 5.91. The van der Waals surface area contributed by atoms with Gasteiger partial charge in [0.05, 0.1) is 12.7 Å². The third-order valence-corrected chi connectivity index (χ3v) is 2.66. The van der Waals surface area contributed by atoms with E-state index < -0.39 is 0 Å². The van der Waals surface area contributed by atoms with E-state index >= 15 is 0 Å². The Kier molecular flexibility index (Phi) is 5.43. The summed E-state index contributed by atoms with van der Waals surface area (Å²) in [7, 11) is 1.38. The molecule has 0 amide bonds. The van der Waals surface area contributed by atoms with Crippen molar-refractivity contribution in [1.29, 1.82) is 0 Å². The van der Waals surface area contributed by atoms with Crippen LogP contribution in [-0.4, -0.2) is 19.7 Å². The topological polar surface area (TPSA) is 35.5 Å². The Balaban J connectivity index is 2.91. The number of methoxy groups -OCH3 is 1. The maximum Gasteiger partial charge on any atom is 0.338 e. The molecule has 0 aliphatic carbocycles. The molecule has 0 saturated heterocycles. The van der Waals surface area contributed by atoms with Gasteiger partial charge >= 0.3 is 5.97 Å². The first-order valence-electron chi connectivity index (χ1n) is 6.07. The lowest BCUT2D eigenvalue weighted by Crippen LogP contribution is -2.06. The summed E-state index contributed by atoms with van der Waals surface area (Å²) in [6.45, 7) is 6.44. The van der Waals surface area contributed by atoms with Crippen molar-refractivity contribution in [3.05, 3.63) is 41.0 Å². The van der Waals surface area contributed by atoms with E-state index in [9.17, 15) is 4.79 Å². The molecule has 0 radical (unpaired) electrons. The van der Waals surface area contributed by atoms with E-state index in [1.165, 1.54) is 7.11 Å². The number of aryl methyl sites for hydroxylation is 2. The Morgan fingerprint density at radius 3 is 2.56 bits per heavy atom. The van der Waals surface area contributed by atoms with Crippen molar-refractivity contribution >= 4 is 5.97 Å². The summed E-state index contributed by atoms with van der Waals surface area (Å²) < 4.78 is 10.4. The summed E-state index contributed by atoms with van der Waals surface area (Å²) >= 11 is 0. The van der Waals surface area contributed by atoms with E-state index in [-0.39, 0.29) is 5.97 Å². The van der Waals surface area contributed by atoms with Crippen LogP contribution in [0.15, 0.2) is 24.3 Å². The highest BCUT2D eigenvalue weighted by atomic mass is 16.5. The van der Waals surface area contributed by atoms with Crippen LogP contribution in [0.2, 0.25) is 0 Å². The van der Waals surface area contributed by atoms with Gasteiger partial charge in [-0.1, -0.05) is 25.1 Å². The minimum Gasteiger partial charge on any atom is -0.489 e. The number of hydrogen-bond acceptors (Lipinski definition) is 3. The maximum absolute atomic E-state index is 11.6. The molecule has 0 aromatic heterocycles. The molecule has 0 heterocycles. The molecule has 0 saturated carbocycles. The van der Waals surface area contributed by atoms with Gasteiger partial charge in [-0.05, 0) is 37.5 Å². The van der Waals surface area contributed by atoms with Crippen molar-refractivity contribution in [3.8, 4) is 5.75 Å². The molecule has 0 aliphatic heterocycles. The summed E-state index contributed by atoms with van der Waals surface area (Å²) in [5.41, 5.74) is 2.47. The standard InChI is InChI=1S/C15H20O3/c1-5-6-7-8-18-14-10-13(15(16)17-4)11(2)9-12(14)3/h6-7,9-10H,5,8H2,1-4H3/b7-6-. The second-order valence-electron chi connectivity index (χ2n) is 4.11. The first kappa shape index (κ1) is 14.3. The van der Waals surface area contributed by atoms with Gasteiger partial charge in [-0.3, -0.25) is 0 Å². The number of carbonyl (C=O) groups is 1. The van der Waals surface area contributed by atoms with Crippen molar-refractivity contribution in [3.63, 3.8) is 0 Å². The molecule has 1 rings (SSSR count). The fourth-order valence-electron chi connectivity index (χ4n) is 1.69. The van der Waals surface area contributed by atoms with Crippen LogP contribution in [0.1, 0.15) is 34.8 Å². The lowest BCUT2D eigenvalue weighted by atomic mass is 10.0.